The Morgan fingerprint density at radius 3 is 2.19 bits per heavy atom. The van der Waals surface area contributed by atoms with Crippen molar-refractivity contribution in [3.63, 3.8) is 0 Å². The fourth-order valence-electron chi connectivity index (χ4n) is 3.21. The van der Waals surface area contributed by atoms with Gasteiger partial charge in [0.1, 0.15) is 12.4 Å². The number of hydrogen-bond acceptors (Lipinski definition) is 3. The molecule has 2 aromatic carbocycles. The standard InChI is InChI=1S/C21H24FN3O2/c1-17(26)25(15-18-5-3-2-4-6-18)16-21(27)24-13-11-23(12-14-24)20-9-7-19(22)8-10-20/h2-10H,11-16H2,1H3. The van der Waals surface area contributed by atoms with E-state index in [9.17, 15) is 14.0 Å². The van der Waals surface area contributed by atoms with Gasteiger partial charge in [0.15, 0.2) is 0 Å². The van der Waals surface area contributed by atoms with Crippen LogP contribution in [0.15, 0.2) is 54.6 Å². The van der Waals surface area contributed by atoms with Crippen LogP contribution in [0.25, 0.3) is 0 Å². The highest BCUT2D eigenvalue weighted by Gasteiger charge is 2.24. The summed E-state index contributed by atoms with van der Waals surface area (Å²) in [6, 6.07) is 16.1. The van der Waals surface area contributed by atoms with Gasteiger partial charge in [0.25, 0.3) is 0 Å². The van der Waals surface area contributed by atoms with Crippen LogP contribution in [0.3, 0.4) is 0 Å². The predicted octanol–water partition coefficient (Wildman–Crippen LogP) is 2.52. The molecule has 0 radical (unpaired) electrons. The first-order chi connectivity index (χ1) is 13.0. The lowest BCUT2D eigenvalue weighted by molar-refractivity contribution is -0.140. The van der Waals surface area contributed by atoms with E-state index in [4.69, 9.17) is 0 Å². The van der Waals surface area contributed by atoms with Crippen molar-refractivity contribution >= 4 is 17.5 Å². The lowest BCUT2D eigenvalue weighted by Crippen LogP contribution is -2.51. The van der Waals surface area contributed by atoms with E-state index >= 15 is 0 Å². The fourth-order valence-corrected chi connectivity index (χ4v) is 3.21. The van der Waals surface area contributed by atoms with Crippen molar-refractivity contribution < 1.29 is 14.0 Å². The van der Waals surface area contributed by atoms with Crippen molar-refractivity contribution in [2.24, 2.45) is 0 Å². The average molecular weight is 369 g/mol. The van der Waals surface area contributed by atoms with E-state index in [0.717, 1.165) is 11.3 Å². The van der Waals surface area contributed by atoms with Gasteiger partial charge in [-0.3, -0.25) is 9.59 Å². The number of carbonyl (C=O) groups excluding carboxylic acids is 2. The zero-order valence-corrected chi connectivity index (χ0v) is 15.5. The zero-order chi connectivity index (χ0) is 19.2. The lowest BCUT2D eigenvalue weighted by Gasteiger charge is -2.37. The first kappa shape index (κ1) is 18.9. The first-order valence-corrected chi connectivity index (χ1v) is 9.10. The van der Waals surface area contributed by atoms with E-state index < -0.39 is 0 Å². The van der Waals surface area contributed by atoms with Gasteiger partial charge < -0.3 is 14.7 Å². The number of carbonyl (C=O) groups is 2. The van der Waals surface area contributed by atoms with Crippen LogP contribution < -0.4 is 4.90 Å². The highest BCUT2D eigenvalue weighted by atomic mass is 19.1. The van der Waals surface area contributed by atoms with E-state index in [1.165, 1.54) is 19.1 Å². The number of hydrogen-bond donors (Lipinski definition) is 0. The number of rotatable bonds is 5. The molecule has 0 N–H and O–H groups in total. The molecule has 0 aromatic heterocycles. The zero-order valence-electron chi connectivity index (χ0n) is 15.5. The van der Waals surface area contributed by atoms with E-state index in [1.807, 2.05) is 30.3 Å². The third-order valence-electron chi connectivity index (χ3n) is 4.81. The first-order valence-electron chi connectivity index (χ1n) is 9.10. The molecule has 142 valence electrons. The number of nitrogens with zero attached hydrogens (tertiary/aromatic N) is 3. The number of amides is 2. The molecular weight excluding hydrogens is 345 g/mol. The third-order valence-corrected chi connectivity index (χ3v) is 4.81. The van der Waals surface area contributed by atoms with Gasteiger partial charge >= 0.3 is 0 Å². The number of anilines is 1. The summed E-state index contributed by atoms with van der Waals surface area (Å²) in [6.45, 7) is 4.56. The maximum absolute atomic E-state index is 13.1. The van der Waals surface area contributed by atoms with Gasteiger partial charge in [0.2, 0.25) is 11.8 Å². The molecule has 2 aromatic rings. The molecule has 2 amide bonds. The van der Waals surface area contributed by atoms with Gasteiger partial charge in [-0.25, -0.2) is 4.39 Å². The summed E-state index contributed by atoms with van der Waals surface area (Å²) in [4.78, 5) is 30.1. The number of benzene rings is 2. The molecule has 0 bridgehead atoms. The number of piperazine rings is 1. The van der Waals surface area contributed by atoms with E-state index in [0.29, 0.717) is 32.7 Å². The molecule has 0 spiro atoms. The Bertz CT molecular complexity index is 772. The second-order valence-electron chi connectivity index (χ2n) is 6.70. The van der Waals surface area contributed by atoms with E-state index in [1.54, 1.807) is 21.9 Å². The van der Waals surface area contributed by atoms with Crippen molar-refractivity contribution in [2.75, 3.05) is 37.6 Å². The summed E-state index contributed by atoms with van der Waals surface area (Å²) < 4.78 is 13.1. The van der Waals surface area contributed by atoms with E-state index in [2.05, 4.69) is 4.90 Å². The maximum atomic E-state index is 13.1. The molecule has 1 aliphatic rings. The molecule has 1 heterocycles. The average Bonchev–Trinajstić information content (AvgIpc) is 2.69. The quantitative estimate of drug-likeness (QED) is 0.814. The molecule has 6 heteroatoms. The topological polar surface area (TPSA) is 43.9 Å². The molecule has 0 unspecified atom stereocenters. The van der Waals surface area contributed by atoms with Crippen molar-refractivity contribution in [3.8, 4) is 0 Å². The van der Waals surface area contributed by atoms with Crippen molar-refractivity contribution in [3.05, 3.63) is 66.0 Å². The molecule has 3 rings (SSSR count). The second-order valence-corrected chi connectivity index (χ2v) is 6.70. The van der Waals surface area contributed by atoms with Gasteiger partial charge in [0.05, 0.1) is 0 Å². The summed E-state index contributed by atoms with van der Waals surface area (Å²) in [5.74, 6) is -0.410. The van der Waals surface area contributed by atoms with Crippen LogP contribution in [-0.4, -0.2) is 54.3 Å². The molecule has 1 aliphatic heterocycles. The Balaban J connectivity index is 1.54. The van der Waals surface area contributed by atoms with Gasteiger partial charge in [-0.05, 0) is 29.8 Å². The molecule has 1 fully saturated rings. The summed E-state index contributed by atoms with van der Waals surface area (Å²) in [7, 11) is 0. The maximum Gasteiger partial charge on any atom is 0.242 e. The summed E-state index contributed by atoms with van der Waals surface area (Å²) in [5.41, 5.74) is 1.96. The highest BCUT2D eigenvalue weighted by Crippen LogP contribution is 2.17. The molecule has 5 nitrogen and oxygen atoms in total. The molecule has 0 aliphatic carbocycles. The minimum absolute atomic E-state index is 0.0418. The third kappa shape index (κ3) is 5.06. The minimum Gasteiger partial charge on any atom is -0.368 e. The molecule has 0 atom stereocenters. The van der Waals surface area contributed by atoms with Crippen LogP contribution in [-0.2, 0) is 16.1 Å². The highest BCUT2D eigenvalue weighted by molar-refractivity contribution is 5.84. The monoisotopic (exact) mass is 369 g/mol. The Hall–Kier alpha value is -2.89. The van der Waals surface area contributed by atoms with Crippen LogP contribution in [0.5, 0.6) is 0 Å². The summed E-state index contributed by atoms with van der Waals surface area (Å²) in [6.07, 6.45) is 0. The Kier molecular flexibility index (Phi) is 6.06. The van der Waals surface area contributed by atoms with Crippen LogP contribution in [0.1, 0.15) is 12.5 Å². The van der Waals surface area contributed by atoms with Crippen molar-refractivity contribution in [1.82, 2.24) is 9.80 Å². The fraction of sp³-hybridized carbons (Fsp3) is 0.333. The van der Waals surface area contributed by atoms with Crippen LogP contribution >= 0.6 is 0 Å². The Morgan fingerprint density at radius 1 is 0.963 bits per heavy atom. The predicted molar refractivity (Wildman–Crippen MR) is 103 cm³/mol. The Labute approximate surface area is 159 Å². The van der Waals surface area contributed by atoms with Gasteiger partial charge in [-0.2, -0.15) is 0 Å². The smallest absolute Gasteiger partial charge is 0.242 e. The SMILES string of the molecule is CC(=O)N(CC(=O)N1CCN(c2ccc(F)cc2)CC1)Cc1ccccc1. The van der Waals surface area contributed by atoms with Crippen molar-refractivity contribution in [2.45, 2.75) is 13.5 Å². The number of halogens is 1. The van der Waals surface area contributed by atoms with Gasteiger partial charge in [-0.15, -0.1) is 0 Å². The van der Waals surface area contributed by atoms with Crippen LogP contribution in [0.4, 0.5) is 10.1 Å². The normalized spacial score (nSPS) is 14.1. The minimum atomic E-state index is -0.254. The molecule has 1 saturated heterocycles. The van der Waals surface area contributed by atoms with E-state index in [-0.39, 0.29) is 24.2 Å². The Morgan fingerprint density at radius 2 is 1.59 bits per heavy atom. The van der Waals surface area contributed by atoms with Crippen LogP contribution in [0.2, 0.25) is 0 Å². The summed E-state index contributed by atoms with van der Waals surface area (Å²) in [5, 5.41) is 0. The lowest BCUT2D eigenvalue weighted by atomic mass is 10.2. The van der Waals surface area contributed by atoms with Crippen LogP contribution in [0, 0.1) is 5.82 Å². The molecule has 27 heavy (non-hydrogen) atoms. The molecule has 0 saturated carbocycles. The molecular formula is C21H24FN3O2. The second kappa shape index (κ2) is 8.66. The van der Waals surface area contributed by atoms with Gasteiger partial charge in [0, 0.05) is 45.3 Å². The van der Waals surface area contributed by atoms with Crippen molar-refractivity contribution in [1.29, 1.82) is 0 Å². The van der Waals surface area contributed by atoms with Gasteiger partial charge in [-0.1, -0.05) is 30.3 Å². The summed E-state index contributed by atoms with van der Waals surface area (Å²) >= 11 is 0. The largest absolute Gasteiger partial charge is 0.368 e.